The van der Waals surface area contributed by atoms with E-state index in [1.54, 1.807) is 5.57 Å². The topological polar surface area (TPSA) is 0 Å². The molecule has 0 heterocycles. The SMILES string of the molecule is C1=CC(=C(C2CCCCC2)C2CCCCC2)C=C1. The largest absolute Gasteiger partial charge is 0.0617 e. The van der Waals surface area contributed by atoms with Gasteiger partial charge in [0.1, 0.15) is 0 Å². The third-order valence-corrected chi connectivity index (χ3v) is 5.09. The fraction of sp³-hybridized carbons (Fsp3) is 0.667. The zero-order valence-corrected chi connectivity index (χ0v) is 11.5. The van der Waals surface area contributed by atoms with Crippen molar-refractivity contribution in [3.8, 4) is 0 Å². The summed E-state index contributed by atoms with van der Waals surface area (Å²) in [5, 5.41) is 0. The van der Waals surface area contributed by atoms with Gasteiger partial charge in [0.15, 0.2) is 0 Å². The smallest absolute Gasteiger partial charge is 0.0191 e. The number of hydrogen-bond donors (Lipinski definition) is 0. The van der Waals surface area contributed by atoms with Crippen LogP contribution in [0.2, 0.25) is 0 Å². The molecule has 0 N–H and O–H groups in total. The molecule has 0 radical (unpaired) electrons. The molecule has 0 spiro atoms. The molecule has 0 nitrogen and oxygen atoms in total. The molecule has 18 heavy (non-hydrogen) atoms. The Hall–Kier alpha value is -0.780. The minimum absolute atomic E-state index is 0.907. The second-order valence-electron chi connectivity index (χ2n) is 6.30. The van der Waals surface area contributed by atoms with Crippen LogP contribution in [-0.4, -0.2) is 0 Å². The summed E-state index contributed by atoms with van der Waals surface area (Å²) >= 11 is 0. The highest BCUT2D eigenvalue weighted by Crippen LogP contribution is 2.42. The van der Waals surface area contributed by atoms with Crippen LogP contribution in [0.15, 0.2) is 35.5 Å². The van der Waals surface area contributed by atoms with E-state index < -0.39 is 0 Å². The first-order chi connectivity index (χ1) is 8.95. The summed E-state index contributed by atoms with van der Waals surface area (Å²) in [5.41, 5.74) is 3.42. The van der Waals surface area contributed by atoms with Gasteiger partial charge in [0.2, 0.25) is 0 Å². The second-order valence-corrected chi connectivity index (χ2v) is 6.30. The van der Waals surface area contributed by atoms with Gasteiger partial charge in [0.25, 0.3) is 0 Å². The van der Waals surface area contributed by atoms with Gasteiger partial charge in [0.05, 0.1) is 0 Å². The van der Waals surface area contributed by atoms with Crippen LogP contribution in [0.25, 0.3) is 0 Å². The van der Waals surface area contributed by atoms with Gasteiger partial charge in [-0.05, 0) is 43.1 Å². The van der Waals surface area contributed by atoms with Gasteiger partial charge in [-0.1, -0.05) is 68.4 Å². The standard InChI is InChI=1S/C18H26/c1-3-9-15(10-4-1)18(17-13-7-8-14-17)16-11-5-2-6-12-16/h7-8,13-16H,1-6,9-12H2. The van der Waals surface area contributed by atoms with Crippen molar-refractivity contribution in [3.63, 3.8) is 0 Å². The predicted octanol–water partition coefficient (Wildman–Crippen LogP) is 5.57. The third-order valence-electron chi connectivity index (χ3n) is 5.09. The van der Waals surface area contributed by atoms with E-state index in [0.717, 1.165) is 11.8 Å². The van der Waals surface area contributed by atoms with E-state index in [-0.39, 0.29) is 0 Å². The lowest BCUT2D eigenvalue weighted by molar-refractivity contribution is 0.325. The van der Waals surface area contributed by atoms with Crippen LogP contribution in [0.1, 0.15) is 64.2 Å². The lowest BCUT2D eigenvalue weighted by Crippen LogP contribution is -2.20. The third kappa shape index (κ3) is 2.63. The quantitative estimate of drug-likeness (QED) is 0.594. The Morgan fingerprint density at radius 3 is 1.56 bits per heavy atom. The second kappa shape index (κ2) is 5.91. The number of allylic oxidation sites excluding steroid dienone is 6. The Labute approximate surface area is 112 Å². The monoisotopic (exact) mass is 242 g/mol. The van der Waals surface area contributed by atoms with Crippen LogP contribution in [-0.2, 0) is 0 Å². The van der Waals surface area contributed by atoms with E-state index in [0.29, 0.717) is 0 Å². The molecule has 2 saturated carbocycles. The van der Waals surface area contributed by atoms with Crippen LogP contribution >= 0.6 is 0 Å². The summed E-state index contributed by atoms with van der Waals surface area (Å²) in [7, 11) is 0. The highest BCUT2D eigenvalue weighted by atomic mass is 14.3. The van der Waals surface area contributed by atoms with Crippen LogP contribution in [0.3, 0.4) is 0 Å². The maximum absolute atomic E-state index is 2.36. The van der Waals surface area contributed by atoms with Crippen molar-refractivity contribution >= 4 is 0 Å². The average Bonchev–Trinajstić information content (AvgIpc) is 2.95. The Kier molecular flexibility index (Phi) is 4.02. The maximum Gasteiger partial charge on any atom is -0.0191 e. The molecule has 0 heteroatoms. The first kappa shape index (κ1) is 12.3. The van der Waals surface area contributed by atoms with Crippen molar-refractivity contribution in [1.29, 1.82) is 0 Å². The average molecular weight is 242 g/mol. The molecule has 0 bridgehead atoms. The van der Waals surface area contributed by atoms with Crippen molar-refractivity contribution < 1.29 is 0 Å². The van der Waals surface area contributed by atoms with Crippen LogP contribution in [0, 0.1) is 11.8 Å². The summed E-state index contributed by atoms with van der Waals surface area (Å²) in [5.74, 6) is 1.81. The number of rotatable bonds is 2. The summed E-state index contributed by atoms with van der Waals surface area (Å²) in [6.45, 7) is 0. The minimum atomic E-state index is 0.907. The minimum Gasteiger partial charge on any atom is -0.0617 e. The van der Waals surface area contributed by atoms with Crippen molar-refractivity contribution in [2.24, 2.45) is 11.8 Å². The molecule has 0 aromatic carbocycles. The van der Waals surface area contributed by atoms with Gasteiger partial charge in [-0.25, -0.2) is 0 Å². The summed E-state index contributed by atoms with van der Waals surface area (Å²) in [6.07, 6.45) is 23.8. The van der Waals surface area contributed by atoms with E-state index in [9.17, 15) is 0 Å². The molecule has 3 aliphatic rings. The Bertz CT molecular complexity index is 323. The van der Waals surface area contributed by atoms with E-state index in [1.807, 2.05) is 5.57 Å². The summed E-state index contributed by atoms with van der Waals surface area (Å²) in [4.78, 5) is 0. The first-order valence-electron chi connectivity index (χ1n) is 8.04. The Morgan fingerprint density at radius 1 is 0.667 bits per heavy atom. The van der Waals surface area contributed by atoms with Gasteiger partial charge in [-0.3, -0.25) is 0 Å². The van der Waals surface area contributed by atoms with Gasteiger partial charge < -0.3 is 0 Å². The molecule has 2 fully saturated rings. The fourth-order valence-electron chi connectivity index (χ4n) is 4.20. The molecular formula is C18H26. The van der Waals surface area contributed by atoms with Crippen LogP contribution in [0.5, 0.6) is 0 Å². The van der Waals surface area contributed by atoms with Gasteiger partial charge in [-0.15, -0.1) is 0 Å². The fourth-order valence-corrected chi connectivity index (χ4v) is 4.20. The zero-order chi connectivity index (χ0) is 12.2. The van der Waals surface area contributed by atoms with Gasteiger partial charge in [0, 0.05) is 0 Å². The zero-order valence-electron chi connectivity index (χ0n) is 11.5. The Balaban J connectivity index is 1.85. The van der Waals surface area contributed by atoms with Crippen LogP contribution < -0.4 is 0 Å². The number of hydrogen-bond acceptors (Lipinski definition) is 0. The molecule has 0 aromatic rings. The lowest BCUT2D eigenvalue weighted by atomic mass is 9.72. The Morgan fingerprint density at radius 2 is 1.11 bits per heavy atom. The van der Waals surface area contributed by atoms with E-state index in [1.165, 1.54) is 64.2 Å². The molecule has 0 atom stereocenters. The molecular weight excluding hydrogens is 216 g/mol. The van der Waals surface area contributed by atoms with Crippen molar-refractivity contribution in [2.75, 3.05) is 0 Å². The molecule has 3 rings (SSSR count). The van der Waals surface area contributed by atoms with Gasteiger partial charge in [-0.2, -0.15) is 0 Å². The van der Waals surface area contributed by atoms with E-state index >= 15 is 0 Å². The highest BCUT2D eigenvalue weighted by Gasteiger charge is 2.27. The normalized spacial score (nSPS) is 25.9. The lowest BCUT2D eigenvalue weighted by Gasteiger charge is -2.33. The molecule has 0 aromatic heterocycles. The summed E-state index contributed by atoms with van der Waals surface area (Å²) in [6, 6.07) is 0. The summed E-state index contributed by atoms with van der Waals surface area (Å²) < 4.78 is 0. The molecule has 3 aliphatic carbocycles. The maximum atomic E-state index is 2.36. The van der Waals surface area contributed by atoms with E-state index in [2.05, 4.69) is 24.3 Å². The van der Waals surface area contributed by atoms with Crippen molar-refractivity contribution in [1.82, 2.24) is 0 Å². The molecule has 0 unspecified atom stereocenters. The highest BCUT2D eigenvalue weighted by molar-refractivity contribution is 5.45. The van der Waals surface area contributed by atoms with Gasteiger partial charge >= 0.3 is 0 Å². The van der Waals surface area contributed by atoms with Crippen molar-refractivity contribution in [3.05, 3.63) is 35.5 Å². The molecule has 0 aliphatic heterocycles. The predicted molar refractivity (Wildman–Crippen MR) is 78.5 cm³/mol. The van der Waals surface area contributed by atoms with Crippen molar-refractivity contribution in [2.45, 2.75) is 64.2 Å². The molecule has 0 saturated heterocycles. The molecule has 0 amide bonds. The first-order valence-corrected chi connectivity index (χ1v) is 8.04. The van der Waals surface area contributed by atoms with E-state index in [4.69, 9.17) is 0 Å². The molecule has 98 valence electrons. The van der Waals surface area contributed by atoms with Crippen LogP contribution in [0.4, 0.5) is 0 Å².